The largest absolute Gasteiger partial charge is 0.481 e. The van der Waals surface area contributed by atoms with Gasteiger partial charge in [-0.05, 0) is 37.1 Å². The molecular weight excluding hydrogens is 289 g/mol. The first kappa shape index (κ1) is 18.2. The molecular formula is C15H26NO4P. The molecule has 0 saturated heterocycles. The summed E-state index contributed by atoms with van der Waals surface area (Å²) in [6.45, 7) is 10.00. The van der Waals surface area contributed by atoms with Crippen molar-refractivity contribution in [3.8, 4) is 5.75 Å². The maximum absolute atomic E-state index is 12.2. The van der Waals surface area contributed by atoms with Crippen LogP contribution in [0.3, 0.4) is 0 Å². The van der Waals surface area contributed by atoms with Crippen LogP contribution in [0.2, 0.25) is 0 Å². The van der Waals surface area contributed by atoms with Gasteiger partial charge in [-0.3, -0.25) is 4.57 Å². The van der Waals surface area contributed by atoms with E-state index in [-0.39, 0.29) is 6.35 Å². The quantitative estimate of drug-likeness (QED) is 0.773. The van der Waals surface area contributed by atoms with E-state index >= 15 is 0 Å². The molecule has 0 spiro atoms. The topological polar surface area (TPSA) is 56.8 Å². The molecule has 1 aromatic rings. The molecule has 0 atom stereocenters. The van der Waals surface area contributed by atoms with Gasteiger partial charge in [0.2, 0.25) is 0 Å². The molecule has 1 aromatic carbocycles. The summed E-state index contributed by atoms with van der Waals surface area (Å²) in [5.74, 6) is 0.696. The summed E-state index contributed by atoms with van der Waals surface area (Å²) in [6.07, 6.45) is -0.0547. The lowest BCUT2D eigenvalue weighted by molar-refractivity contribution is 0.197. The molecule has 6 heteroatoms. The number of nitrogens with one attached hydrogen (secondary N) is 1. The summed E-state index contributed by atoms with van der Waals surface area (Å²) >= 11 is 0. The Hall–Kier alpha value is -0.870. The van der Waals surface area contributed by atoms with E-state index in [9.17, 15) is 4.57 Å². The number of hydrogen-bond acceptors (Lipinski definition) is 5. The Balaban J connectivity index is 0.00000106. The minimum atomic E-state index is -3.14. The van der Waals surface area contributed by atoms with Crippen LogP contribution in [-0.4, -0.2) is 19.6 Å². The van der Waals surface area contributed by atoms with Crippen molar-refractivity contribution in [2.24, 2.45) is 0 Å². The molecule has 0 amide bonds. The zero-order chi connectivity index (χ0) is 15.7. The summed E-state index contributed by atoms with van der Waals surface area (Å²) in [5, 5.41) is 3.27. The van der Waals surface area contributed by atoms with E-state index in [0.717, 1.165) is 13.1 Å². The van der Waals surface area contributed by atoms with Gasteiger partial charge >= 0.3 is 7.60 Å². The summed E-state index contributed by atoms with van der Waals surface area (Å²) in [7, 11) is -3.14. The van der Waals surface area contributed by atoms with Gasteiger partial charge in [-0.2, -0.15) is 0 Å². The summed E-state index contributed by atoms with van der Waals surface area (Å²) < 4.78 is 28.2. The molecule has 0 fully saturated rings. The maximum atomic E-state index is 12.2. The second kappa shape index (κ2) is 9.21. The highest BCUT2D eigenvalue weighted by molar-refractivity contribution is 7.53. The first-order valence-corrected chi connectivity index (χ1v) is 9.23. The van der Waals surface area contributed by atoms with Crippen LogP contribution in [0.25, 0.3) is 0 Å². The van der Waals surface area contributed by atoms with Crippen LogP contribution >= 0.6 is 7.60 Å². The smallest absolute Gasteiger partial charge is 0.367 e. The van der Waals surface area contributed by atoms with Crippen LogP contribution < -0.4 is 10.1 Å². The van der Waals surface area contributed by atoms with Crippen LogP contribution in [0.1, 0.15) is 38.8 Å². The van der Waals surface area contributed by atoms with Gasteiger partial charge in [0.1, 0.15) is 5.75 Å². The van der Waals surface area contributed by atoms with Crippen LogP contribution in [-0.2, 0) is 26.7 Å². The Kier molecular flexibility index (Phi) is 7.97. The molecule has 21 heavy (non-hydrogen) atoms. The van der Waals surface area contributed by atoms with E-state index in [1.54, 1.807) is 13.8 Å². The number of rotatable bonds is 7. The van der Waals surface area contributed by atoms with Gasteiger partial charge in [-0.15, -0.1) is 0 Å². The van der Waals surface area contributed by atoms with E-state index in [1.807, 2.05) is 32.0 Å². The number of benzene rings is 1. The fourth-order valence-electron chi connectivity index (χ4n) is 2.02. The van der Waals surface area contributed by atoms with E-state index < -0.39 is 7.60 Å². The summed E-state index contributed by atoms with van der Waals surface area (Å²) in [6, 6.07) is 5.88. The third-order valence-electron chi connectivity index (χ3n) is 2.85. The lowest BCUT2D eigenvalue weighted by Crippen LogP contribution is -2.06. The number of fused-ring (bicyclic) bond motifs is 1. The SMILES string of the molecule is CC.CCOP(=O)(COc1ccc2c(c1)CNC2)OCC. The monoisotopic (exact) mass is 315 g/mol. The minimum Gasteiger partial charge on any atom is -0.481 e. The van der Waals surface area contributed by atoms with Crippen molar-refractivity contribution >= 4 is 7.60 Å². The van der Waals surface area contributed by atoms with Crippen LogP contribution in [0.5, 0.6) is 5.75 Å². The van der Waals surface area contributed by atoms with Gasteiger partial charge < -0.3 is 19.1 Å². The van der Waals surface area contributed by atoms with E-state index in [4.69, 9.17) is 13.8 Å². The Morgan fingerprint density at radius 3 is 2.33 bits per heavy atom. The predicted molar refractivity (Wildman–Crippen MR) is 84.7 cm³/mol. The lowest BCUT2D eigenvalue weighted by atomic mass is 10.1. The zero-order valence-corrected chi connectivity index (χ0v) is 14.2. The molecule has 0 saturated carbocycles. The van der Waals surface area contributed by atoms with E-state index in [0.29, 0.717) is 19.0 Å². The molecule has 1 heterocycles. The van der Waals surface area contributed by atoms with Gasteiger partial charge in [-0.1, -0.05) is 19.9 Å². The third kappa shape index (κ3) is 5.44. The Labute approximate surface area is 127 Å². The van der Waals surface area contributed by atoms with Crippen LogP contribution in [0.15, 0.2) is 18.2 Å². The molecule has 1 N–H and O–H groups in total. The molecule has 0 unspecified atom stereocenters. The molecule has 1 aliphatic rings. The van der Waals surface area contributed by atoms with Gasteiger partial charge in [-0.25, -0.2) is 0 Å². The van der Waals surface area contributed by atoms with Crippen LogP contribution in [0.4, 0.5) is 0 Å². The molecule has 0 aliphatic carbocycles. The maximum Gasteiger partial charge on any atom is 0.367 e. The van der Waals surface area contributed by atoms with Crippen molar-refractivity contribution in [1.82, 2.24) is 5.32 Å². The standard InChI is InChI=1S/C13H20NO4P.C2H6/c1-3-17-19(15,18-4-2)10-16-13-6-5-11-8-14-9-12(11)7-13;1-2/h5-7,14H,3-4,8-10H2,1-2H3;1-2H3. The first-order valence-electron chi connectivity index (χ1n) is 7.50. The summed E-state index contributed by atoms with van der Waals surface area (Å²) in [5.41, 5.74) is 2.50. The van der Waals surface area contributed by atoms with Crippen LogP contribution in [0, 0.1) is 0 Å². The van der Waals surface area contributed by atoms with Crippen molar-refractivity contribution < 1.29 is 18.3 Å². The Morgan fingerprint density at radius 1 is 1.10 bits per heavy atom. The molecule has 120 valence electrons. The first-order chi connectivity index (χ1) is 10.2. The molecule has 0 radical (unpaired) electrons. The average molecular weight is 315 g/mol. The van der Waals surface area contributed by atoms with Gasteiger partial charge in [0.15, 0.2) is 6.35 Å². The van der Waals surface area contributed by atoms with Crippen molar-refractivity contribution in [1.29, 1.82) is 0 Å². The molecule has 0 aromatic heterocycles. The number of hydrogen-bond donors (Lipinski definition) is 1. The fraction of sp³-hybridized carbons (Fsp3) is 0.600. The Bertz CT molecular complexity index is 469. The lowest BCUT2D eigenvalue weighted by Gasteiger charge is -2.17. The highest BCUT2D eigenvalue weighted by Gasteiger charge is 2.24. The number of ether oxygens (including phenoxy) is 1. The van der Waals surface area contributed by atoms with E-state index in [1.165, 1.54) is 11.1 Å². The Morgan fingerprint density at radius 2 is 1.71 bits per heavy atom. The van der Waals surface area contributed by atoms with Crippen molar-refractivity contribution in [2.75, 3.05) is 19.6 Å². The average Bonchev–Trinajstić information content (AvgIpc) is 2.95. The molecule has 2 rings (SSSR count). The second-order valence-corrected chi connectivity index (χ2v) is 6.25. The normalized spacial score (nSPS) is 13.3. The van der Waals surface area contributed by atoms with Crippen molar-refractivity contribution in [3.63, 3.8) is 0 Å². The summed E-state index contributed by atoms with van der Waals surface area (Å²) in [4.78, 5) is 0. The van der Waals surface area contributed by atoms with Gasteiger partial charge in [0.25, 0.3) is 0 Å². The van der Waals surface area contributed by atoms with E-state index in [2.05, 4.69) is 5.32 Å². The zero-order valence-electron chi connectivity index (χ0n) is 13.3. The van der Waals surface area contributed by atoms with Gasteiger partial charge in [0.05, 0.1) is 13.2 Å². The predicted octanol–water partition coefficient (Wildman–Crippen LogP) is 3.92. The third-order valence-corrected chi connectivity index (χ3v) is 4.60. The highest BCUT2D eigenvalue weighted by Crippen LogP contribution is 2.47. The van der Waals surface area contributed by atoms with Crippen molar-refractivity contribution in [2.45, 2.75) is 40.8 Å². The second-order valence-electron chi connectivity index (χ2n) is 4.25. The molecule has 0 bridgehead atoms. The molecule has 5 nitrogen and oxygen atoms in total. The molecule has 1 aliphatic heterocycles. The van der Waals surface area contributed by atoms with Crippen molar-refractivity contribution in [3.05, 3.63) is 29.3 Å². The minimum absolute atomic E-state index is 0.0547. The highest BCUT2D eigenvalue weighted by atomic mass is 31.2. The van der Waals surface area contributed by atoms with Gasteiger partial charge in [0, 0.05) is 13.1 Å². The fourth-order valence-corrected chi connectivity index (χ4v) is 3.34.